The number of hydrogen-bond acceptors (Lipinski definition) is 10. The van der Waals surface area contributed by atoms with Gasteiger partial charge in [-0.1, -0.05) is 11.3 Å². The molecule has 2 aliphatic heterocycles. The van der Waals surface area contributed by atoms with Gasteiger partial charge < -0.3 is 14.7 Å². The number of β-amino-alcohol motifs (C(OH)–C–C–N with tert-alkyl or cyclic N) is 1. The summed E-state index contributed by atoms with van der Waals surface area (Å²) in [5, 5.41) is 16.6. The lowest BCUT2D eigenvalue weighted by Crippen LogP contribution is -2.59. The number of aromatic nitrogens is 4. The molecule has 0 unspecified atom stereocenters. The number of sulfonamides is 1. The maximum absolute atomic E-state index is 13.5. The zero-order valence-corrected chi connectivity index (χ0v) is 22.3. The topological polar surface area (TPSA) is 125 Å². The number of nitrogens with one attached hydrogen (secondary N) is 1. The molecule has 2 saturated heterocycles. The molecule has 2 atom stereocenters. The molecule has 0 aliphatic carbocycles. The predicted molar refractivity (Wildman–Crippen MR) is 134 cm³/mol. The van der Waals surface area contributed by atoms with Gasteiger partial charge in [0.25, 0.3) is 6.43 Å². The minimum atomic E-state index is -3.96. The highest BCUT2D eigenvalue weighted by Gasteiger charge is 2.39. The minimum absolute atomic E-state index is 0.0130. The number of piperazine rings is 1. The zero-order chi connectivity index (χ0) is 26.5. The third-order valence-electron chi connectivity index (χ3n) is 6.75. The van der Waals surface area contributed by atoms with Gasteiger partial charge in [-0.2, -0.15) is 0 Å². The first kappa shape index (κ1) is 26.3. The minimum Gasteiger partial charge on any atom is -0.395 e. The van der Waals surface area contributed by atoms with Gasteiger partial charge in [0.1, 0.15) is 4.90 Å². The highest BCUT2D eigenvalue weighted by molar-refractivity contribution is 7.89. The largest absolute Gasteiger partial charge is 0.395 e. The smallest absolute Gasteiger partial charge is 0.291 e. The van der Waals surface area contributed by atoms with Crippen molar-refractivity contribution >= 4 is 32.6 Å². The number of halogens is 2. The van der Waals surface area contributed by atoms with Gasteiger partial charge in [0.15, 0.2) is 15.8 Å². The summed E-state index contributed by atoms with van der Waals surface area (Å²) in [5.74, 6) is 0.232. The Balaban J connectivity index is 1.62. The lowest BCUT2D eigenvalue weighted by molar-refractivity contribution is -0.0523. The molecule has 3 aromatic rings. The Morgan fingerprint density at radius 1 is 1.27 bits per heavy atom. The monoisotopic (exact) mass is 557 g/mol. The van der Waals surface area contributed by atoms with Crippen molar-refractivity contribution in [2.45, 2.75) is 49.7 Å². The summed E-state index contributed by atoms with van der Waals surface area (Å²) in [5.41, 5.74) is 0.560. The van der Waals surface area contributed by atoms with E-state index in [0.717, 1.165) is 0 Å². The van der Waals surface area contributed by atoms with Gasteiger partial charge >= 0.3 is 0 Å². The summed E-state index contributed by atoms with van der Waals surface area (Å²) in [6.45, 7) is 8.21. The quantitative estimate of drug-likeness (QED) is 0.426. The van der Waals surface area contributed by atoms with E-state index in [1.54, 1.807) is 23.6 Å². The summed E-state index contributed by atoms with van der Waals surface area (Å²) in [7, 11) is -3.96. The molecule has 0 bridgehead atoms. The number of ether oxygens (including phenoxy) is 1. The maximum atomic E-state index is 13.5. The van der Waals surface area contributed by atoms with Crippen molar-refractivity contribution in [1.29, 1.82) is 0 Å². The summed E-state index contributed by atoms with van der Waals surface area (Å²) in [6, 6.07) is 1.82. The number of aliphatic hydroxyl groups is 1. The molecule has 2 N–H and O–H groups in total. The molecule has 15 heteroatoms. The maximum Gasteiger partial charge on any atom is 0.291 e. The number of hydrogen-bond donors (Lipinski definition) is 2. The number of nitrogens with zero attached hydrogens (tertiary/aromatic N) is 6. The Morgan fingerprint density at radius 3 is 2.54 bits per heavy atom. The van der Waals surface area contributed by atoms with Gasteiger partial charge in [-0.25, -0.2) is 26.9 Å². The predicted octanol–water partition coefficient (Wildman–Crippen LogP) is 1.75. The number of imidazole rings is 1. The Hall–Kier alpha value is -2.30. The van der Waals surface area contributed by atoms with E-state index in [1.807, 2.05) is 0 Å². The van der Waals surface area contributed by atoms with Crippen molar-refractivity contribution in [3.63, 3.8) is 0 Å². The number of pyridine rings is 1. The summed E-state index contributed by atoms with van der Waals surface area (Å²) >= 11 is 0.717. The van der Waals surface area contributed by atoms with Crippen LogP contribution in [0.5, 0.6) is 0 Å². The molecule has 3 aromatic heterocycles. The molecule has 202 valence electrons. The van der Waals surface area contributed by atoms with E-state index in [0.29, 0.717) is 42.2 Å². The lowest BCUT2D eigenvalue weighted by atomic mass is 10.0. The second kappa shape index (κ2) is 9.78. The number of anilines is 1. The average Bonchev–Trinajstić information content (AvgIpc) is 3.46. The van der Waals surface area contributed by atoms with E-state index in [9.17, 15) is 22.3 Å². The van der Waals surface area contributed by atoms with Crippen molar-refractivity contribution < 1.29 is 27.0 Å². The molecule has 0 radical (unpaired) electrons. The van der Waals surface area contributed by atoms with Crippen molar-refractivity contribution in [3.8, 4) is 10.8 Å². The van der Waals surface area contributed by atoms with E-state index < -0.39 is 27.0 Å². The Labute approximate surface area is 217 Å². The molecule has 0 aromatic carbocycles. The van der Waals surface area contributed by atoms with Gasteiger partial charge in [-0.15, -0.1) is 10.2 Å². The third-order valence-corrected chi connectivity index (χ3v) is 9.28. The van der Waals surface area contributed by atoms with Gasteiger partial charge in [0, 0.05) is 37.9 Å². The zero-order valence-electron chi connectivity index (χ0n) is 20.6. The molecule has 5 rings (SSSR count). The van der Waals surface area contributed by atoms with Crippen LogP contribution in [-0.2, 0) is 14.8 Å². The van der Waals surface area contributed by atoms with Crippen molar-refractivity contribution in [2.24, 2.45) is 0 Å². The fourth-order valence-corrected chi connectivity index (χ4v) is 7.07. The SMILES string of the molecule is C[C@H]1CN(c2cc(S(=O)(=O)NC3(C)COC3)cn3c(-c4nnc(C(F)F)s4)ncc23)C[C@H](C)N1CCO. The molecule has 0 saturated carbocycles. The molecule has 0 spiro atoms. The van der Waals surface area contributed by atoms with E-state index in [-0.39, 0.29) is 47.6 Å². The lowest BCUT2D eigenvalue weighted by Gasteiger charge is -2.45. The van der Waals surface area contributed by atoms with Crippen LogP contribution in [0.4, 0.5) is 14.5 Å². The molecule has 11 nitrogen and oxygen atoms in total. The van der Waals surface area contributed by atoms with Crippen LogP contribution in [0, 0.1) is 0 Å². The summed E-state index contributed by atoms with van der Waals surface area (Å²) in [6.07, 6.45) is 0.260. The Kier molecular flexibility index (Phi) is 6.96. The van der Waals surface area contributed by atoms with Crippen molar-refractivity contribution in [3.05, 3.63) is 23.5 Å². The fraction of sp³-hybridized carbons (Fsp3) is 0.591. The van der Waals surface area contributed by atoms with Crippen LogP contribution in [0.2, 0.25) is 0 Å². The molecule has 5 heterocycles. The highest BCUT2D eigenvalue weighted by Crippen LogP contribution is 2.34. The van der Waals surface area contributed by atoms with Crippen LogP contribution in [-0.4, -0.2) is 95.1 Å². The molecule has 2 fully saturated rings. The summed E-state index contributed by atoms with van der Waals surface area (Å²) in [4.78, 5) is 8.74. The third kappa shape index (κ3) is 4.95. The molecule has 37 heavy (non-hydrogen) atoms. The van der Waals surface area contributed by atoms with Gasteiger partial charge in [0.2, 0.25) is 10.0 Å². The number of rotatable bonds is 8. The van der Waals surface area contributed by atoms with Crippen molar-refractivity contribution in [2.75, 3.05) is 44.4 Å². The first-order valence-corrected chi connectivity index (χ1v) is 14.2. The number of fused-ring (bicyclic) bond motifs is 1. The molecular formula is C22H29F2N7O4S2. The molecular weight excluding hydrogens is 528 g/mol. The van der Waals surface area contributed by atoms with Crippen LogP contribution in [0.1, 0.15) is 32.2 Å². The number of alkyl halides is 2. The van der Waals surface area contributed by atoms with Gasteiger partial charge in [-0.05, 0) is 26.8 Å². The Morgan fingerprint density at radius 2 is 1.97 bits per heavy atom. The van der Waals surface area contributed by atoms with Crippen LogP contribution in [0.15, 0.2) is 23.4 Å². The second-order valence-electron chi connectivity index (χ2n) is 9.87. The van der Waals surface area contributed by atoms with E-state index in [4.69, 9.17) is 4.74 Å². The van der Waals surface area contributed by atoms with Gasteiger partial charge in [0.05, 0.1) is 42.8 Å². The van der Waals surface area contributed by atoms with E-state index in [1.165, 1.54) is 6.20 Å². The van der Waals surface area contributed by atoms with Crippen LogP contribution in [0.25, 0.3) is 16.3 Å². The first-order chi connectivity index (χ1) is 17.5. The summed E-state index contributed by atoms with van der Waals surface area (Å²) < 4.78 is 62.8. The molecule has 2 aliphatic rings. The van der Waals surface area contributed by atoms with E-state index in [2.05, 4.69) is 43.6 Å². The van der Waals surface area contributed by atoms with Gasteiger partial charge in [-0.3, -0.25) is 9.30 Å². The first-order valence-electron chi connectivity index (χ1n) is 11.9. The Bertz CT molecular complexity index is 1380. The van der Waals surface area contributed by atoms with Crippen molar-refractivity contribution in [1.82, 2.24) is 29.2 Å². The van der Waals surface area contributed by atoms with E-state index >= 15 is 0 Å². The highest BCUT2D eigenvalue weighted by atomic mass is 32.2. The second-order valence-corrected chi connectivity index (χ2v) is 12.6. The van der Waals surface area contributed by atoms with Crippen LogP contribution in [0.3, 0.4) is 0 Å². The number of aliphatic hydroxyl groups excluding tert-OH is 1. The molecule has 0 amide bonds. The normalized spacial score (nSPS) is 22.6. The van der Waals surface area contributed by atoms with Crippen LogP contribution < -0.4 is 9.62 Å². The standard InChI is InChI=1S/C22H29F2N7O4S2/c1-13-8-29(9-14(2)30(13)4-5-32)16-6-15(37(33,34)28-22(3)11-35-12-22)10-31-17(16)7-25-19(31)21-27-26-20(36-21)18(23)24/h6-7,10,13-14,18,28,32H,4-5,8-9,11-12H2,1-3H3/t13-,14-/m0/s1. The fourth-order valence-electron chi connectivity index (χ4n) is 4.99. The average molecular weight is 558 g/mol. The van der Waals surface area contributed by atoms with Crippen LogP contribution >= 0.6 is 11.3 Å².